The van der Waals surface area contributed by atoms with Gasteiger partial charge in [-0.3, -0.25) is 19.4 Å². The highest BCUT2D eigenvalue weighted by molar-refractivity contribution is 6.30. The van der Waals surface area contributed by atoms with Crippen LogP contribution in [-0.2, 0) is 9.59 Å². The van der Waals surface area contributed by atoms with Gasteiger partial charge >= 0.3 is 0 Å². The van der Waals surface area contributed by atoms with Crippen molar-refractivity contribution in [1.29, 1.82) is 0 Å². The van der Waals surface area contributed by atoms with Gasteiger partial charge in [-0.2, -0.15) is 0 Å². The first kappa shape index (κ1) is 21.9. The predicted octanol–water partition coefficient (Wildman–Crippen LogP) is 1.13. The maximum absolute atomic E-state index is 12.7. The molecular formula is C21H32ClN5O2. The minimum absolute atomic E-state index is 0.0531. The van der Waals surface area contributed by atoms with Crippen LogP contribution in [0, 0.1) is 0 Å². The molecule has 0 bridgehead atoms. The molecule has 29 heavy (non-hydrogen) atoms. The normalized spacial score (nSPS) is 18.9. The van der Waals surface area contributed by atoms with Crippen molar-refractivity contribution in [3.05, 3.63) is 29.3 Å². The number of carbonyl (C=O) groups is 2. The Morgan fingerprint density at radius 3 is 2.21 bits per heavy atom. The van der Waals surface area contributed by atoms with Crippen LogP contribution in [-0.4, -0.2) is 98.0 Å². The topological polar surface area (TPSA) is 59.1 Å². The largest absolute Gasteiger partial charge is 0.369 e. The number of anilines is 1. The zero-order chi connectivity index (χ0) is 20.8. The van der Waals surface area contributed by atoms with Crippen molar-refractivity contribution in [3.63, 3.8) is 0 Å². The Hall–Kier alpha value is -1.83. The van der Waals surface area contributed by atoms with Gasteiger partial charge in [0.2, 0.25) is 11.8 Å². The Balaban J connectivity index is 1.38. The fraction of sp³-hybridized carbons (Fsp3) is 0.619. The molecule has 1 N–H and O–H groups in total. The van der Waals surface area contributed by atoms with E-state index in [1.165, 1.54) is 0 Å². The summed E-state index contributed by atoms with van der Waals surface area (Å²) in [6.07, 6.45) is 0. The third kappa shape index (κ3) is 6.59. The molecule has 0 unspecified atom stereocenters. The van der Waals surface area contributed by atoms with Crippen LogP contribution < -0.4 is 10.2 Å². The monoisotopic (exact) mass is 421 g/mol. The number of hydrogen-bond acceptors (Lipinski definition) is 5. The van der Waals surface area contributed by atoms with E-state index in [2.05, 4.69) is 26.1 Å². The number of nitrogens with zero attached hydrogens (tertiary/aromatic N) is 4. The molecule has 2 aliphatic rings. The van der Waals surface area contributed by atoms with Crippen LogP contribution in [0.4, 0.5) is 5.69 Å². The van der Waals surface area contributed by atoms with Crippen LogP contribution in [0.25, 0.3) is 0 Å². The first-order chi connectivity index (χ1) is 13.9. The second-order valence-corrected chi connectivity index (χ2v) is 8.56. The van der Waals surface area contributed by atoms with Crippen molar-refractivity contribution in [1.82, 2.24) is 20.0 Å². The molecule has 0 atom stereocenters. The van der Waals surface area contributed by atoms with Crippen LogP contribution in [0.2, 0.25) is 5.02 Å². The van der Waals surface area contributed by atoms with Gasteiger partial charge < -0.3 is 15.1 Å². The lowest BCUT2D eigenvalue weighted by Crippen LogP contribution is -2.55. The molecule has 0 aromatic heterocycles. The average molecular weight is 422 g/mol. The number of carbonyl (C=O) groups excluding carboxylic acids is 2. The van der Waals surface area contributed by atoms with Crippen molar-refractivity contribution in [3.8, 4) is 0 Å². The first-order valence-electron chi connectivity index (χ1n) is 10.4. The summed E-state index contributed by atoms with van der Waals surface area (Å²) in [5, 5.41) is 3.67. The van der Waals surface area contributed by atoms with Crippen LogP contribution >= 0.6 is 11.6 Å². The third-order valence-corrected chi connectivity index (χ3v) is 5.68. The maximum atomic E-state index is 12.7. The number of piperazine rings is 2. The van der Waals surface area contributed by atoms with Gasteiger partial charge in [-0.15, -0.1) is 0 Å². The molecule has 1 aromatic carbocycles. The Morgan fingerprint density at radius 1 is 0.966 bits per heavy atom. The van der Waals surface area contributed by atoms with Gasteiger partial charge in [-0.1, -0.05) is 17.7 Å². The second kappa shape index (κ2) is 10.3. The summed E-state index contributed by atoms with van der Waals surface area (Å²) in [7, 11) is 0. The molecule has 2 amide bonds. The molecule has 0 radical (unpaired) electrons. The van der Waals surface area contributed by atoms with Crippen molar-refractivity contribution in [2.75, 3.05) is 70.3 Å². The molecule has 0 aliphatic carbocycles. The van der Waals surface area contributed by atoms with E-state index in [-0.39, 0.29) is 17.9 Å². The summed E-state index contributed by atoms with van der Waals surface area (Å²) in [6.45, 7) is 11.2. The minimum atomic E-state index is 0.0531. The van der Waals surface area contributed by atoms with E-state index in [0.717, 1.165) is 50.0 Å². The van der Waals surface area contributed by atoms with E-state index in [1.807, 2.05) is 36.9 Å². The third-order valence-electron chi connectivity index (χ3n) is 5.45. The molecule has 7 nitrogen and oxygen atoms in total. The summed E-state index contributed by atoms with van der Waals surface area (Å²) in [5.74, 6) is 0.241. The van der Waals surface area contributed by atoms with Crippen molar-refractivity contribution < 1.29 is 9.59 Å². The standard InChI is InChI=1S/C21H32ClN5O2/c1-17(2)23-20(28)15-24-8-12-27(13-9-24)21(29)16-25-6-10-26(11-7-25)19-5-3-4-18(22)14-19/h3-5,14,17H,6-13,15-16H2,1-2H3,(H,23,28). The number of halogens is 1. The van der Waals surface area contributed by atoms with E-state index in [1.54, 1.807) is 0 Å². The number of amides is 2. The lowest BCUT2D eigenvalue weighted by atomic mass is 10.2. The molecule has 2 heterocycles. The Morgan fingerprint density at radius 2 is 1.59 bits per heavy atom. The molecule has 8 heteroatoms. The van der Waals surface area contributed by atoms with Gasteiger partial charge in [0.05, 0.1) is 13.1 Å². The minimum Gasteiger partial charge on any atom is -0.369 e. The molecule has 3 rings (SSSR count). The Kier molecular flexibility index (Phi) is 7.75. The zero-order valence-electron chi connectivity index (χ0n) is 17.4. The number of hydrogen-bond donors (Lipinski definition) is 1. The molecular weight excluding hydrogens is 390 g/mol. The van der Waals surface area contributed by atoms with Crippen molar-refractivity contribution in [2.45, 2.75) is 19.9 Å². The maximum Gasteiger partial charge on any atom is 0.236 e. The van der Waals surface area contributed by atoms with E-state index in [9.17, 15) is 9.59 Å². The summed E-state index contributed by atoms with van der Waals surface area (Å²) < 4.78 is 0. The van der Waals surface area contributed by atoms with Gasteiger partial charge in [0, 0.05) is 69.1 Å². The van der Waals surface area contributed by atoms with Gasteiger partial charge in [0.1, 0.15) is 0 Å². The summed E-state index contributed by atoms with van der Waals surface area (Å²) in [6, 6.07) is 8.08. The highest BCUT2D eigenvalue weighted by atomic mass is 35.5. The highest BCUT2D eigenvalue weighted by Gasteiger charge is 2.25. The summed E-state index contributed by atoms with van der Waals surface area (Å²) in [4.78, 5) is 33.2. The highest BCUT2D eigenvalue weighted by Crippen LogP contribution is 2.20. The fourth-order valence-electron chi connectivity index (χ4n) is 3.85. The van der Waals surface area contributed by atoms with Crippen LogP contribution in [0.15, 0.2) is 24.3 Å². The second-order valence-electron chi connectivity index (χ2n) is 8.12. The summed E-state index contributed by atoms with van der Waals surface area (Å²) >= 11 is 6.09. The number of benzene rings is 1. The van der Waals surface area contributed by atoms with Crippen molar-refractivity contribution >= 4 is 29.1 Å². The number of nitrogens with one attached hydrogen (secondary N) is 1. The lowest BCUT2D eigenvalue weighted by Gasteiger charge is -2.38. The Bertz CT molecular complexity index is 698. The van der Waals surface area contributed by atoms with Crippen LogP contribution in [0.1, 0.15) is 13.8 Å². The van der Waals surface area contributed by atoms with Gasteiger partial charge in [0.25, 0.3) is 0 Å². The molecule has 2 aliphatic heterocycles. The number of rotatable bonds is 6. The van der Waals surface area contributed by atoms with E-state index in [4.69, 9.17) is 11.6 Å². The smallest absolute Gasteiger partial charge is 0.236 e. The average Bonchev–Trinajstić information content (AvgIpc) is 2.68. The van der Waals surface area contributed by atoms with E-state index < -0.39 is 0 Å². The Labute approximate surface area is 178 Å². The van der Waals surface area contributed by atoms with Gasteiger partial charge in [0.15, 0.2) is 0 Å². The van der Waals surface area contributed by atoms with Gasteiger partial charge in [-0.25, -0.2) is 0 Å². The SMILES string of the molecule is CC(C)NC(=O)CN1CCN(C(=O)CN2CCN(c3cccc(Cl)c3)CC2)CC1. The van der Waals surface area contributed by atoms with E-state index in [0.29, 0.717) is 26.2 Å². The van der Waals surface area contributed by atoms with Crippen LogP contribution in [0.3, 0.4) is 0 Å². The lowest BCUT2D eigenvalue weighted by molar-refractivity contribution is -0.134. The molecule has 2 saturated heterocycles. The molecule has 160 valence electrons. The molecule has 2 fully saturated rings. The van der Waals surface area contributed by atoms with Gasteiger partial charge in [-0.05, 0) is 32.0 Å². The first-order valence-corrected chi connectivity index (χ1v) is 10.8. The van der Waals surface area contributed by atoms with Crippen LogP contribution in [0.5, 0.6) is 0 Å². The predicted molar refractivity (Wildman–Crippen MR) is 116 cm³/mol. The molecule has 1 aromatic rings. The fourth-order valence-corrected chi connectivity index (χ4v) is 4.04. The van der Waals surface area contributed by atoms with Crippen molar-refractivity contribution in [2.24, 2.45) is 0 Å². The molecule has 0 saturated carbocycles. The zero-order valence-corrected chi connectivity index (χ0v) is 18.2. The molecule has 0 spiro atoms. The summed E-state index contributed by atoms with van der Waals surface area (Å²) in [5.41, 5.74) is 1.14. The van der Waals surface area contributed by atoms with E-state index >= 15 is 0 Å². The quantitative estimate of drug-likeness (QED) is 0.746.